The summed E-state index contributed by atoms with van der Waals surface area (Å²) >= 11 is 0. The molecular formula is C23H29N3O4S. The van der Waals surface area contributed by atoms with Crippen LogP contribution in [0.15, 0.2) is 52.3 Å². The van der Waals surface area contributed by atoms with Gasteiger partial charge in [0.15, 0.2) is 0 Å². The SMILES string of the molecule is COc1cc(C)cc(S(=O)(=O)c2ccc(CNC(=O)C3CC4CNCCC4N3)cc2)c1. The van der Waals surface area contributed by atoms with Crippen LogP contribution in [0.3, 0.4) is 0 Å². The molecule has 2 aliphatic heterocycles. The van der Waals surface area contributed by atoms with E-state index < -0.39 is 9.84 Å². The zero-order valence-electron chi connectivity index (χ0n) is 17.9. The second-order valence-corrected chi connectivity index (χ2v) is 10.3. The van der Waals surface area contributed by atoms with Gasteiger partial charge in [-0.05, 0) is 80.2 Å². The summed E-state index contributed by atoms with van der Waals surface area (Å²) in [6.45, 7) is 4.15. The molecule has 2 heterocycles. The minimum absolute atomic E-state index is 0.00189. The van der Waals surface area contributed by atoms with Gasteiger partial charge in [0.25, 0.3) is 0 Å². The fourth-order valence-electron chi connectivity index (χ4n) is 4.42. The Morgan fingerprint density at radius 2 is 1.94 bits per heavy atom. The molecule has 4 rings (SSSR count). The molecule has 2 aromatic carbocycles. The molecule has 2 aromatic rings. The lowest BCUT2D eigenvalue weighted by Crippen LogP contribution is -2.45. The third-order valence-corrected chi connectivity index (χ3v) is 7.90. The first-order valence-corrected chi connectivity index (χ1v) is 12.1. The van der Waals surface area contributed by atoms with E-state index in [9.17, 15) is 13.2 Å². The topological polar surface area (TPSA) is 96.5 Å². The van der Waals surface area contributed by atoms with Crippen molar-refractivity contribution in [3.63, 3.8) is 0 Å². The van der Waals surface area contributed by atoms with Crippen LogP contribution in [0, 0.1) is 12.8 Å². The Labute approximate surface area is 183 Å². The molecule has 0 aromatic heterocycles. The van der Waals surface area contributed by atoms with E-state index in [1.807, 2.05) is 6.92 Å². The Morgan fingerprint density at radius 1 is 1.16 bits per heavy atom. The first kappa shape index (κ1) is 21.8. The molecule has 3 N–H and O–H groups in total. The van der Waals surface area contributed by atoms with Gasteiger partial charge >= 0.3 is 0 Å². The average Bonchev–Trinajstić information content (AvgIpc) is 3.21. The van der Waals surface area contributed by atoms with Crippen molar-refractivity contribution in [2.45, 2.75) is 48.2 Å². The lowest BCUT2D eigenvalue weighted by atomic mass is 9.94. The van der Waals surface area contributed by atoms with E-state index in [4.69, 9.17) is 4.74 Å². The van der Waals surface area contributed by atoms with Gasteiger partial charge < -0.3 is 20.7 Å². The van der Waals surface area contributed by atoms with E-state index >= 15 is 0 Å². The number of fused-ring (bicyclic) bond motifs is 1. The number of carbonyl (C=O) groups excluding carboxylic acids is 1. The van der Waals surface area contributed by atoms with Crippen LogP contribution in [0.1, 0.15) is 24.0 Å². The predicted octanol–water partition coefficient (Wildman–Crippen LogP) is 1.79. The van der Waals surface area contributed by atoms with Crippen LogP contribution in [0.25, 0.3) is 0 Å². The van der Waals surface area contributed by atoms with Crippen molar-refractivity contribution in [1.82, 2.24) is 16.0 Å². The second kappa shape index (κ2) is 8.98. The molecule has 7 nitrogen and oxygen atoms in total. The van der Waals surface area contributed by atoms with Crippen molar-refractivity contribution in [1.29, 1.82) is 0 Å². The van der Waals surface area contributed by atoms with Gasteiger partial charge in [-0.3, -0.25) is 4.79 Å². The quantitative estimate of drug-likeness (QED) is 0.630. The Balaban J connectivity index is 1.39. The zero-order valence-corrected chi connectivity index (χ0v) is 18.7. The molecule has 166 valence electrons. The van der Waals surface area contributed by atoms with E-state index in [-0.39, 0.29) is 21.7 Å². The molecule has 0 spiro atoms. The highest BCUT2D eigenvalue weighted by molar-refractivity contribution is 7.91. The Bertz CT molecular complexity index is 1040. The molecule has 3 unspecified atom stereocenters. The fraction of sp³-hybridized carbons (Fsp3) is 0.435. The van der Waals surface area contributed by atoms with Crippen molar-refractivity contribution < 1.29 is 17.9 Å². The molecule has 8 heteroatoms. The molecule has 2 saturated heterocycles. The van der Waals surface area contributed by atoms with Crippen molar-refractivity contribution in [2.75, 3.05) is 20.2 Å². The number of hydrogen-bond acceptors (Lipinski definition) is 6. The van der Waals surface area contributed by atoms with Gasteiger partial charge in [0.1, 0.15) is 5.75 Å². The minimum atomic E-state index is -3.65. The zero-order chi connectivity index (χ0) is 22.0. The van der Waals surface area contributed by atoms with Crippen LogP contribution >= 0.6 is 0 Å². The third-order valence-electron chi connectivity index (χ3n) is 6.15. The van der Waals surface area contributed by atoms with Crippen LogP contribution in [-0.4, -0.2) is 46.6 Å². The van der Waals surface area contributed by atoms with E-state index in [1.54, 1.807) is 36.4 Å². The van der Waals surface area contributed by atoms with Gasteiger partial charge in [0.2, 0.25) is 15.7 Å². The number of methoxy groups -OCH3 is 1. The van der Waals surface area contributed by atoms with Gasteiger partial charge in [-0.25, -0.2) is 8.42 Å². The van der Waals surface area contributed by atoms with E-state index in [0.29, 0.717) is 24.3 Å². The molecule has 2 fully saturated rings. The summed E-state index contributed by atoms with van der Waals surface area (Å²) in [6, 6.07) is 11.9. The summed E-state index contributed by atoms with van der Waals surface area (Å²) in [5.41, 5.74) is 1.67. The van der Waals surface area contributed by atoms with Crippen molar-refractivity contribution >= 4 is 15.7 Å². The third kappa shape index (κ3) is 4.76. The van der Waals surface area contributed by atoms with Crippen LogP contribution in [0.5, 0.6) is 5.75 Å². The number of carbonyl (C=O) groups is 1. The maximum absolute atomic E-state index is 13.0. The summed E-state index contributed by atoms with van der Waals surface area (Å²) in [5.74, 6) is 1.02. The summed E-state index contributed by atoms with van der Waals surface area (Å²) < 4.78 is 31.2. The van der Waals surface area contributed by atoms with Crippen LogP contribution in [-0.2, 0) is 21.2 Å². The van der Waals surface area contributed by atoms with Crippen molar-refractivity contribution in [2.24, 2.45) is 5.92 Å². The highest BCUT2D eigenvalue weighted by atomic mass is 32.2. The highest BCUT2D eigenvalue weighted by Crippen LogP contribution is 2.27. The fourth-order valence-corrected chi connectivity index (χ4v) is 5.80. The number of benzene rings is 2. The summed E-state index contributed by atoms with van der Waals surface area (Å²) in [4.78, 5) is 13.0. The number of aryl methyl sites for hydroxylation is 1. The smallest absolute Gasteiger partial charge is 0.237 e. The maximum Gasteiger partial charge on any atom is 0.237 e. The lowest BCUT2D eigenvalue weighted by Gasteiger charge is -2.25. The molecule has 3 atom stereocenters. The van der Waals surface area contributed by atoms with Gasteiger partial charge in [-0.1, -0.05) is 12.1 Å². The van der Waals surface area contributed by atoms with Crippen LogP contribution in [0.4, 0.5) is 0 Å². The summed E-state index contributed by atoms with van der Waals surface area (Å²) in [6.07, 6.45) is 1.90. The van der Waals surface area contributed by atoms with Gasteiger partial charge in [0, 0.05) is 12.6 Å². The van der Waals surface area contributed by atoms with Crippen molar-refractivity contribution in [3.8, 4) is 5.75 Å². The van der Waals surface area contributed by atoms with Gasteiger partial charge in [-0.15, -0.1) is 0 Å². The van der Waals surface area contributed by atoms with E-state index in [0.717, 1.165) is 37.1 Å². The average molecular weight is 444 g/mol. The van der Waals surface area contributed by atoms with Crippen LogP contribution < -0.4 is 20.7 Å². The first-order valence-electron chi connectivity index (χ1n) is 10.6. The Hall–Kier alpha value is -2.42. The standard InChI is InChI=1S/C23H29N3O4S/c1-15-9-18(30-2)12-20(10-15)31(28,29)19-5-3-16(4-6-19)13-25-23(27)22-11-17-14-24-8-7-21(17)26-22/h3-6,9-10,12,17,21-22,24,26H,7-8,11,13-14H2,1-2H3,(H,25,27). The number of ether oxygens (including phenoxy) is 1. The number of nitrogens with one attached hydrogen (secondary N) is 3. The molecule has 0 bridgehead atoms. The predicted molar refractivity (Wildman–Crippen MR) is 118 cm³/mol. The van der Waals surface area contributed by atoms with Crippen LogP contribution in [0.2, 0.25) is 0 Å². The molecule has 2 aliphatic rings. The molecule has 1 amide bonds. The molecular weight excluding hydrogens is 414 g/mol. The lowest BCUT2D eigenvalue weighted by molar-refractivity contribution is -0.123. The van der Waals surface area contributed by atoms with Crippen molar-refractivity contribution in [3.05, 3.63) is 53.6 Å². The Morgan fingerprint density at radius 3 is 2.65 bits per heavy atom. The highest BCUT2D eigenvalue weighted by Gasteiger charge is 2.38. The number of piperidine rings is 1. The van der Waals surface area contributed by atoms with Gasteiger partial charge in [0.05, 0.1) is 22.9 Å². The molecule has 0 radical (unpaired) electrons. The second-order valence-electron chi connectivity index (χ2n) is 8.37. The summed E-state index contributed by atoms with van der Waals surface area (Å²) in [5, 5.41) is 9.81. The van der Waals surface area contributed by atoms with E-state index in [1.165, 1.54) is 13.2 Å². The Kier molecular flexibility index (Phi) is 6.31. The largest absolute Gasteiger partial charge is 0.497 e. The summed E-state index contributed by atoms with van der Waals surface area (Å²) in [7, 11) is -2.14. The normalized spacial score (nSPS) is 23.2. The number of rotatable bonds is 6. The molecule has 31 heavy (non-hydrogen) atoms. The number of hydrogen-bond donors (Lipinski definition) is 3. The first-order chi connectivity index (χ1) is 14.9. The maximum atomic E-state index is 13.0. The molecule has 0 saturated carbocycles. The van der Waals surface area contributed by atoms with Gasteiger partial charge in [-0.2, -0.15) is 0 Å². The number of amides is 1. The monoisotopic (exact) mass is 443 g/mol. The number of sulfone groups is 1. The minimum Gasteiger partial charge on any atom is -0.497 e. The molecule has 0 aliphatic carbocycles. The van der Waals surface area contributed by atoms with E-state index in [2.05, 4.69) is 16.0 Å².